The number of hydrogen-bond donors (Lipinski definition) is 1. The van der Waals surface area contributed by atoms with E-state index in [4.69, 9.17) is 0 Å². The molecule has 1 unspecified atom stereocenters. The SMILES string of the molecule is Cc1cc(C)cc(C(O)Cc2cnn(C)c2)c1. The summed E-state index contributed by atoms with van der Waals surface area (Å²) in [7, 11) is 1.88. The highest BCUT2D eigenvalue weighted by molar-refractivity contribution is 5.30. The number of hydrogen-bond acceptors (Lipinski definition) is 2. The van der Waals surface area contributed by atoms with Gasteiger partial charge in [-0.1, -0.05) is 29.3 Å². The summed E-state index contributed by atoms with van der Waals surface area (Å²) in [6.07, 6.45) is 3.88. The second-order valence-corrected chi connectivity index (χ2v) is 4.66. The molecule has 0 aliphatic rings. The van der Waals surface area contributed by atoms with Crippen LogP contribution in [-0.2, 0) is 13.5 Å². The lowest BCUT2D eigenvalue weighted by Crippen LogP contribution is -2.02. The summed E-state index contributed by atoms with van der Waals surface area (Å²) in [5.41, 5.74) is 4.40. The average molecular weight is 230 g/mol. The van der Waals surface area contributed by atoms with Gasteiger partial charge in [0.25, 0.3) is 0 Å². The Morgan fingerprint density at radius 3 is 2.41 bits per heavy atom. The van der Waals surface area contributed by atoms with Crippen LogP contribution in [-0.4, -0.2) is 14.9 Å². The molecule has 0 saturated heterocycles. The Labute approximate surface area is 102 Å². The summed E-state index contributed by atoms with van der Waals surface area (Å²) in [4.78, 5) is 0. The molecule has 1 N–H and O–H groups in total. The summed E-state index contributed by atoms with van der Waals surface area (Å²) in [6.45, 7) is 4.10. The third kappa shape index (κ3) is 2.94. The van der Waals surface area contributed by atoms with Gasteiger partial charge in [0.2, 0.25) is 0 Å². The first-order valence-electron chi connectivity index (χ1n) is 5.78. The molecule has 0 aliphatic heterocycles. The van der Waals surface area contributed by atoms with E-state index in [1.165, 1.54) is 11.1 Å². The predicted molar refractivity (Wildman–Crippen MR) is 67.8 cm³/mol. The van der Waals surface area contributed by atoms with Crippen molar-refractivity contribution in [3.8, 4) is 0 Å². The monoisotopic (exact) mass is 230 g/mol. The van der Waals surface area contributed by atoms with Crippen molar-refractivity contribution in [3.05, 3.63) is 52.8 Å². The maximum absolute atomic E-state index is 10.2. The lowest BCUT2D eigenvalue weighted by atomic mass is 9.99. The van der Waals surface area contributed by atoms with Crippen LogP contribution in [0, 0.1) is 13.8 Å². The maximum atomic E-state index is 10.2. The third-order valence-electron chi connectivity index (χ3n) is 2.82. The van der Waals surface area contributed by atoms with E-state index in [9.17, 15) is 5.11 Å². The van der Waals surface area contributed by atoms with Gasteiger partial charge >= 0.3 is 0 Å². The Morgan fingerprint density at radius 1 is 1.24 bits per heavy atom. The molecule has 0 spiro atoms. The molecule has 17 heavy (non-hydrogen) atoms. The lowest BCUT2D eigenvalue weighted by Gasteiger charge is -2.11. The number of aromatic nitrogens is 2. The predicted octanol–water partition coefficient (Wildman–Crippen LogP) is 2.31. The van der Waals surface area contributed by atoms with E-state index in [-0.39, 0.29) is 0 Å². The van der Waals surface area contributed by atoms with Gasteiger partial charge in [0, 0.05) is 19.7 Å². The maximum Gasteiger partial charge on any atom is 0.0831 e. The molecule has 0 saturated carbocycles. The molecule has 0 aliphatic carbocycles. The normalized spacial score (nSPS) is 12.7. The number of nitrogens with zero attached hydrogens (tertiary/aromatic N) is 2. The molecule has 0 amide bonds. The molecule has 2 aromatic rings. The van der Waals surface area contributed by atoms with Gasteiger partial charge in [0.05, 0.1) is 12.3 Å². The Morgan fingerprint density at radius 2 is 1.88 bits per heavy atom. The van der Waals surface area contributed by atoms with Crippen molar-refractivity contribution >= 4 is 0 Å². The summed E-state index contributed by atoms with van der Waals surface area (Å²) >= 11 is 0. The highest BCUT2D eigenvalue weighted by Gasteiger charge is 2.10. The van der Waals surface area contributed by atoms with E-state index in [0.717, 1.165) is 11.1 Å². The largest absolute Gasteiger partial charge is 0.388 e. The Balaban J connectivity index is 2.16. The second kappa shape index (κ2) is 4.72. The molecule has 2 rings (SSSR count). The zero-order valence-electron chi connectivity index (χ0n) is 10.5. The average Bonchev–Trinajstić information content (AvgIpc) is 2.62. The zero-order chi connectivity index (χ0) is 12.4. The number of aliphatic hydroxyl groups excluding tert-OH is 1. The molecular weight excluding hydrogens is 212 g/mol. The Bertz CT molecular complexity index is 496. The van der Waals surface area contributed by atoms with Gasteiger partial charge in [0.1, 0.15) is 0 Å². The van der Waals surface area contributed by atoms with Gasteiger partial charge < -0.3 is 5.11 Å². The number of benzene rings is 1. The summed E-state index contributed by atoms with van der Waals surface area (Å²) < 4.78 is 1.75. The molecule has 3 heteroatoms. The highest BCUT2D eigenvalue weighted by Crippen LogP contribution is 2.20. The highest BCUT2D eigenvalue weighted by atomic mass is 16.3. The van der Waals surface area contributed by atoms with Crippen LogP contribution in [0.1, 0.15) is 28.4 Å². The minimum Gasteiger partial charge on any atom is -0.388 e. The fourth-order valence-corrected chi connectivity index (χ4v) is 2.12. The fourth-order valence-electron chi connectivity index (χ4n) is 2.12. The lowest BCUT2D eigenvalue weighted by molar-refractivity contribution is 0.178. The smallest absolute Gasteiger partial charge is 0.0831 e. The zero-order valence-corrected chi connectivity index (χ0v) is 10.5. The second-order valence-electron chi connectivity index (χ2n) is 4.66. The summed E-state index contributed by atoms with van der Waals surface area (Å²) in [6, 6.07) is 6.18. The first-order chi connectivity index (χ1) is 8.04. The molecule has 90 valence electrons. The standard InChI is InChI=1S/C14H18N2O/c1-10-4-11(2)6-13(5-10)14(17)7-12-8-15-16(3)9-12/h4-6,8-9,14,17H,7H2,1-3H3. The van der Waals surface area contributed by atoms with E-state index < -0.39 is 6.10 Å². The molecule has 0 fully saturated rings. The van der Waals surface area contributed by atoms with Gasteiger partial charge in [-0.3, -0.25) is 4.68 Å². The van der Waals surface area contributed by atoms with Gasteiger partial charge in [0.15, 0.2) is 0 Å². The van der Waals surface area contributed by atoms with Gasteiger partial charge in [-0.15, -0.1) is 0 Å². The summed E-state index contributed by atoms with van der Waals surface area (Å²) in [5.74, 6) is 0. The molecule has 1 aromatic heterocycles. The Kier molecular flexibility index (Phi) is 3.29. The van der Waals surface area contributed by atoms with E-state index >= 15 is 0 Å². The number of aliphatic hydroxyl groups is 1. The van der Waals surface area contributed by atoms with Crippen molar-refractivity contribution in [2.75, 3.05) is 0 Å². The first kappa shape index (κ1) is 11.9. The van der Waals surface area contributed by atoms with Crippen molar-refractivity contribution in [1.29, 1.82) is 0 Å². The van der Waals surface area contributed by atoms with Crippen LogP contribution in [0.2, 0.25) is 0 Å². The molecule has 1 aromatic carbocycles. The summed E-state index contributed by atoms with van der Waals surface area (Å²) in [5, 5.41) is 14.3. The van der Waals surface area contributed by atoms with Crippen LogP contribution in [0.5, 0.6) is 0 Å². The van der Waals surface area contributed by atoms with E-state index in [1.54, 1.807) is 10.9 Å². The number of rotatable bonds is 3. The van der Waals surface area contributed by atoms with E-state index in [0.29, 0.717) is 6.42 Å². The Hall–Kier alpha value is -1.61. The van der Waals surface area contributed by atoms with Crippen LogP contribution < -0.4 is 0 Å². The van der Waals surface area contributed by atoms with E-state index in [1.807, 2.05) is 39.2 Å². The van der Waals surface area contributed by atoms with E-state index in [2.05, 4.69) is 11.2 Å². The quantitative estimate of drug-likeness (QED) is 0.878. The number of aryl methyl sites for hydroxylation is 3. The van der Waals surface area contributed by atoms with Crippen molar-refractivity contribution < 1.29 is 5.11 Å². The molecule has 1 atom stereocenters. The minimum absolute atomic E-state index is 0.460. The van der Waals surface area contributed by atoms with Crippen LogP contribution in [0.15, 0.2) is 30.6 Å². The van der Waals surface area contributed by atoms with Gasteiger partial charge in [-0.25, -0.2) is 0 Å². The molecule has 1 heterocycles. The topological polar surface area (TPSA) is 38.1 Å². The van der Waals surface area contributed by atoms with Gasteiger partial charge in [-0.2, -0.15) is 5.10 Å². The first-order valence-corrected chi connectivity index (χ1v) is 5.78. The van der Waals surface area contributed by atoms with Crippen molar-refractivity contribution in [2.24, 2.45) is 7.05 Å². The molecule has 3 nitrogen and oxygen atoms in total. The molecule has 0 radical (unpaired) electrons. The van der Waals surface area contributed by atoms with Crippen LogP contribution in [0.4, 0.5) is 0 Å². The van der Waals surface area contributed by atoms with Crippen molar-refractivity contribution in [2.45, 2.75) is 26.4 Å². The van der Waals surface area contributed by atoms with Crippen LogP contribution in [0.25, 0.3) is 0 Å². The van der Waals surface area contributed by atoms with Crippen LogP contribution >= 0.6 is 0 Å². The molecular formula is C14H18N2O. The minimum atomic E-state index is -0.460. The fraction of sp³-hybridized carbons (Fsp3) is 0.357. The molecule has 0 bridgehead atoms. The van der Waals surface area contributed by atoms with Crippen molar-refractivity contribution in [3.63, 3.8) is 0 Å². The van der Waals surface area contributed by atoms with Crippen LogP contribution in [0.3, 0.4) is 0 Å². The third-order valence-corrected chi connectivity index (χ3v) is 2.82. The van der Waals surface area contributed by atoms with Crippen molar-refractivity contribution in [1.82, 2.24) is 9.78 Å². The van der Waals surface area contributed by atoms with Gasteiger partial charge in [-0.05, 0) is 25.0 Å².